The first kappa shape index (κ1) is 17.0. The molecule has 0 saturated heterocycles. The van der Waals surface area contributed by atoms with E-state index in [0.717, 1.165) is 12.8 Å². The van der Waals surface area contributed by atoms with Crippen molar-refractivity contribution in [3.8, 4) is 0 Å². The molecule has 0 radical (unpaired) electrons. The number of aromatic nitrogens is 2. The van der Waals surface area contributed by atoms with Crippen molar-refractivity contribution < 1.29 is 0 Å². The van der Waals surface area contributed by atoms with E-state index in [1.165, 1.54) is 4.68 Å². The normalized spacial score (nSPS) is 11.9. The van der Waals surface area contributed by atoms with Crippen LogP contribution in [0.15, 0.2) is 11.0 Å². The minimum atomic E-state index is -0.229. The average Bonchev–Trinajstić information content (AvgIpc) is 2.39. The summed E-state index contributed by atoms with van der Waals surface area (Å²) in [5.41, 5.74) is 0.326. The van der Waals surface area contributed by atoms with Crippen molar-refractivity contribution in [3.05, 3.63) is 21.6 Å². The van der Waals surface area contributed by atoms with E-state index in [4.69, 9.17) is 11.6 Å². The molecule has 0 atom stereocenters. The maximum atomic E-state index is 12.1. The molecule has 6 heteroatoms. The van der Waals surface area contributed by atoms with Gasteiger partial charge in [0.2, 0.25) is 0 Å². The van der Waals surface area contributed by atoms with Crippen LogP contribution in [0.4, 0.5) is 5.69 Å². The Balaban J connectivity index is 2.83. The zero-order valence-electron chi connectivity index (χ0n) is 13.0. The van der Waals surface area contributed by atoms with Crippen LogP contribution in [0.1, 0.15) is 33.6 Å². The van der Waals surface area contributed by atoms with Crippen molar-refractivity contribution in [3.63, 3.8) is 0 Å². The van der Waals surface area contributed by atoms with Gasteiger partial charge in [0.25, 0.3) is 5.56 Å². The first-order valence-electron chi connectivity index (χ1n) is 6.96. The van der Waals surface area contributed by atoms with Crippen LogP contribution in [0.3, 0.4) is 0 Å². The number of halogens is 1. The van der Waals surface area contributed by atoms with E-state index < -0.39 is 0 Å². The van der Waals surface area contributed by atoms with Crippen LogP contribution >= 0.6 is 11.6 Å². The fourth-order valence-electron chi connectivity index (χ4n) is 1.53. The number of nitrogens with zero attached hydrogens (tertiary/aromatic N) is 3. The second-order valence-electron chi connectivity index (χ2n) is 5.81. The Labute approximate surface area is 125 Å². The third-order valence-corrected chi connectivity index (χ3v) is 4.00. The maximum Gasteiger partial charge on any atom is 0.287 e. The van der Waals surface area contributed by atoms with Crippen LogP contribution in [-0.4, -0.2) is 40.9 Å². The molecule has 0 saturated carbocycles. The average molecular weight is 301 g/mol. The van der Waals surface area contributed by atoms with E-state index in [-0.39, 0.29) is 16.1 Å². The van der Waals surface area contributed by atoms with Crippen LogP contribution in [0.2, 0.25) is 5.02 Å². The molecule has 0 aliphatic carbocycles. The van der Waals surface area contributed by atoms with Crippen molar-refractivity contribution in [1.82, 2.24) is 14.7 Å². The summed E-state index contributed by atoms with van der Waals surface area (Å²) in [4.78, 5) is 14.2. The molecule has 1 aromatic heterocycles. The third kappa shape index (κ3) is 4.21. The lowest BCUT2D eigenvalue weighted by atomic mass is 10.0. The van der Waals surface area contributed by atoms with E-state index in [9.17, 15) is 4.79 Å². The number of anilines is 1. The van der Waals surface area contributed by atoms with Crippen LogP contribution in [0.5, 0.6) is 0 Å². The minimum Gasteiger partial charge on any atom is -0.381 e. The fraction of sp³-hybridized carbons (Fsp3) is 0.714. The second-order valence-corrected chi connectivity index (χ2v) is 6.19. The van der Waals surface area contributed by atoms with Gasteiger partial charge in [-0.1, -0.05) is 24.9 Å². The second kappa shape index (κ2) is 7.09. The van der Waals surface area contributed by atoms with Gasteiger partial charge in [-0.15, -0.1) is 0 Å². The number of hydrogen-bond acceptors (Lipinski definition) is 4. The summed E-state index contributed by atoms with van der Waals surface area (Å²) in [7, 11) is 4.04. The Morgan fingerprint density at radius 3 is 2.65 bits per heavy atom. The van der Waals surface area contributed by atoms with Crippen LogP contribution < -0.4 is 10.9 Å². The molecule has 1 rings (SSSR count). The number of nitrogens with one attached hydrogen (secondary N) is 1. The van der Waals surface area contributed by atoms with Crippen molar-refractivity contribution in [2.24, 2.45) is 0 Å². The summed E-state index contributed by atoms with van der Waals surface area (Å²) in [6.07, 6.45) is 3.57. The lowest BCUT2D eigenvalue weighted by Gasteiger charge is -2.33. The van der Waals surface area contributed by atoms with Crippen molar-refractivity contribution in [2.75, 3.05) is 26.0 Å². The Morgan fingerprint density at radius 2 is 2.10 bits per heavy atom. The number of likely N-dealkylation sites (N-methyl/N-ethyl adjacent to an activating group) is 1. The molecule has 0 aliphatic rings. The van der Waals surface area contributed by atoms with Gasteiger partial charge in [-0.05, 0) is 34.4 Å². The van der Waals surface area contributed by atoms with E-state index in [1.807, 2.05) is 14.1 Å². The van der Waals surface area contributed by atoms with Gasteiger partial charge in [0.15, 0.2) is 0 Å². The van der Waals surface area contributed by atoms with Gasteiger partial charge in [-0.25, -0.2) is 4.68 Å². The predicted molar refractivity (Wildman–Crippen MR) is 84.7 cm³/mol. The molecule has 0 aliphatic heterocycles. The van der Waals surface area contributed by atoms with Gasteiger partial charge in [-0.3, -0.25) is 4.79 Å². The molecule has 0 spiro atoms. The van der Waals surface area contributed by atoms with E-state index in [1.54, 1.807) is 6.20 Å². The Morgan fingerprint density at radius 1 is 1.45 bits per heavy atom. The molecule has 0 amide bonds. The number of aryl methyl sites for hydroxylation is 1. The highest BCUT2D eigenvalue weighted by Crippen LogP contribution is 2.18. The quantitative estimate of drug-likeness (QED) is 0.840. The van der Waals surface area contributed by atoms with Crippen LogP contribution in [0, 0.1) is 0 Å². The van der Waals surface area contributed by atoms with Gasteiger partial charge < -0.3 is 10.2 Å². The van der Waals surface area contributed by atoms with E-state index >= 15 is 0 Å². The Kier molecular flexibility index (Phi) is 6.02. The lowest BCUT2D eigenvalue weighted by Crippen LogP contribution is -2.44. The van der Waals surface area contributed by atoms with Crippen LogP contribution in [0.25, 0.3) is 0 Å². The molecule has 1 aromatic rings. The summed E-state index contributed by atoms with van der Waals surface area (Å²) in [5, 5.41) is 7.59. The van der Waals surface area contributed by atoms with E-state index in [2.05, 4.69) is 36.1 Å². The molecule has 20 heavy (non-hydrogen) atoms. The minimum absolute atomic E-state index is 0.0413. The van der Waals surface area contributed by atoms with E-state index in [0.29, 0.717) is 18.8 Å². The van der Waals surface area contributed by atoms with Gasteiger partial charge in [0.1, 0.15) is 5.02 Å². The highest BCUT2D eigenvalue weighted by Gasteiger charge is 2.21. The largest absolute Gasteiger partial charge is 0.381 e. The van der Waals surface area contributed by atoms with Gasteiger partial charge in [0, 0.05) is 18.6 Å². The highest BCUT2D eigenvalue weighted by atomic mass is 35.5. The molecule has 0 bridgehead atoms. The highest BCUT2D eigenvalue weighted by molar-refractivity contribution is 6.32. The summed E-state index contributed by atoms with van der Waals surface area (Å²) >= 11 is 6.14. The summed E-state index contributed by atoms with van der Waals surface area (Å²) < 4.78 is 1.42. The Bertz CT molecular complexity index is 496. The monoisotopic (exact) mass is 300 g/mol. The summed E-state index contributed by atoms with van der Waals surface area (Å²) in [6.45, 7) is 7.60. The topological polar surface area (TPSA) is 50.2 Å². The molecule has 0 aromatic carbocycles. The van der Waals surface area contributed by atoms with Gasteiger partial charge in [-0.2, -0.15) is 5.10 Å². The first-order chi connectivity index (χ1) is 9.29. The van der Waals surface area contributed by atoms with Gasteiger partial charge >= 0.3 is 0 Å². The molecule has 0 unspecified atom stereocenters. The first-order valence-corrected chi connectivity index (χ1v) is 7.34. The molecule has 5 nitrogen and oxygen atoms in total. The zero-order chi connectivity index (χ0) is 15.3. The third-order valence-electron chi connectivity index (χ3n) is 3.63. The number of rotatable bonds is 7. The molecule has 1 heterocycles. The summed E-state index contributed by atoms with van der Waals surface area (Å²) in [6, 6.07) is 0. The number of unbranched alkanes of at least 4 members (excludes halogenated alkanes) is 1. The molecule has 1 N–H and O–H groups in total. The van der Waals surface area contributed by atoms with Crippen molar-refractivity contribution in [1.29, 1.82) is 0 Å². The maximum absolute atomic E-state index is 12.1. The summed E-state index contributed by atoms with van der Waals surface area (Å²) in [5.74, 6) is 0. The molecule has 114 valence electrons. The molecule has 0 fully saturated rings. The lowest BCUT2D eigenvalue weighted by molar-refractivity contribution is 0.210. The van der Waals surface area contributed by atoms with Crippen molar-refractivity contribution in [2.45, 2.75) is 45.7 Å². The SMILES string of the molecule is CCCCn1ncc(NCC(C)(C)N(C)C)c(Cl)c1=O. The van der Waals surface area contributed by atoms with Gasteiger partial charge in [0.05, 0.1) is 11.9 Å². The number of hydrogen-bond donors (Lipinski definition) is 1. The standard InChI is InChI=1S/C14H25ClN4O/c1-6-7-8-19-13(20)12(15)11(9-17-19)16-10-14(2,3)18(4)5/h9,16H,6-8,10H2,1-5H3. The zero-order valence-corrected chi connectivity index (χ0v) is 13.8. The fourth-order valence-corrected chi connectivity index (χ4v) is 1.74. The smallest absolute Gasteiger partial charge is 0.287 e. The predicted octanol–water partition coefficient (Wildman–Crippen LogP) is 2.45. The molecular weight excluding hydrogens is 276 g/mol. The van der Waals surface area contributed by atoms with Crippen molar-refractivity contribution >= 4 is 17.3 Å². The Hall–Kier alpha value is -1.07. The van der Waals surface area contributed by atoms with Crippen LogP contribution in [-0.2, 0) is 6.54 Å². The molecular formula is C14H25ClN4O.